The Hall–Kier alpha value is -2.37. The maximum atomic E-state index is 12.5. The van der Waals surface area contributed by atoms with Gasteiger partial charge in [0.05, 0.1) is 25.7 Å². The molecule has 0 saturated carbocycles. The Morgan fingerprint density at radius 2 is 1.86 bits per heavy atom. The van der Waals surface area contributed by atoms with Gasteiger partial charge in [0.2, 0.25) is 0 Å². The van der Waals surface area contributed by atoms with Crippen molar-refractivity contribution < 1.29 is 23.9 Å². The van der Waals surface area contributed by atoms with E-state index in [4.69, 9.17) is 4.74 Å². The van der Waals surface area contributed by atoms with Crippen LogP contribution in [0.5, 0.6) is 0 Å². The van der Waals surface area contributed by atoms with Gasteiger partial charge in [-0.25, -0.2) is 4.79 Å². The summed E-state index contributed by atoms with van der Waals surface area (Å²) in [6.45, 7) is 0.933. The minimum Gasteiger partial charge on any atom is -0.469 e. The summed E-state index contributed by atoms with van der Waals surface area (Å²) < 4.78 is 9.41. The lowest BCUT2D eigenvalue weighted by molar-refractivity contribution is -0.146. The van der Waals surface area contributed by atoms with Crippen LogP contribution in [0.3, 0.4) is 0 Å². The Morgan fingerprint density at radius 3 is 2.55 bits per heavy atom. The SMILES string of the molecule is COC(=O)c1cccc(C(=O)N2CCCC(C(=O)OC)C2)c1. The lowest BCUT2D eigenvalue weighted by atomic mass is 9.97. The fraction of sp³-hybridized carbons (Fsp3) is 0.438. The minimum absolute atomic E-state index is 0.195. The van der Waals surface area contributed by atoms with E-state index < -0.39 is 5.97 Å². The first-order chi connectivity index (χ1) is 10.6. The summed E-state index contributed by atoms with van der Waals surface area (Å²) in [6, 6.07) is 6.39. The zero-order valence-corrected chi connectivity index (χ0v) is 12.7. The van der Waals surface area contributed by atoms with Gasteiger partial charge in [0.15, 0.2) is 0 Å². The van der Waals surface area contributed by atoms with Crippen LogP contribution >= 0.6 is 0 Å². The van der Waals surface area contributed by atoms with Crippen molar-refractivity contribution in [3.63, 3.8) is 0 Å². The van der Waals surface area contributed by atoms with Gasteiger partial charge in [0.1, 0.15) is 0 Å². The summed E-state index contributed by atoms with van der Waals surface area (Å²) in [5.41, 5.74) is 0.739. The van der Waals surface area contributed by atoms with E-state index in [0.717, 1.165) is 12.8 Å². The van der Waals surface area contributed by atoms with E-state index in [1.54, 1.807) is 23.1 Å². The Bertz CT molecular complexity index is 584. The van der Waals surface area contributed by atoms with Crippen LogP contribution in [-0.2, 0) is 14.3 Å². The molecular weight excluding hydrogens is 286 g/mol. The second-order valence-corrected chi connectivity index (χ2v) is 5.19. The molecule has 0 bridgehead atoms. The summed E-state index contributed by atoms with van der Waals surface area (Å²) in [4.78, 5) is 37.3. The normalized spacial score (nSPS) is 17.7. The molecule has 6 nitrogen and oxygen atoms in total. The van der Waals surface area contributed by atoms with E-state index in [-0.39, 0.29) is 17.8 Å². The van der Waals surface area contributed by atoms with Crippen LogP contribution in [-0.4, -0.2) is 50.1 Å². The third-order valence-electron chi connectivity index (χ3n) is 3.77. The summed E-state index contributed by atoms with van der Waals surface area (Å²) in [5, 5.41) is 0. The van der Waals surface area contributed by atoms with Gasteiger partial charge in [-0.2, -0.15) is 0 Å². The standard InChI is InChI=1S/C16H19NO5/c1-21-15(19)12-6-3-5-11(9-12)14(18)17-8-4-7-13(10-17)16(20)22-2/h3,5-6,9,13H,4,7-8,10H2,1-2H3. The fourth-order valence-corrected chi connectivity index (χ4v) is 2.60. The van der Waals surface area contributed by atoms with Gasteiger partial charge in [-0.05, 0) is 31.0 Å². The summed E-state index contributed by atoms with van der Waals surface area (Å²) in [5.74, 6) is -1.26. The predicted molar refractivity (Wildman–Crippen MR) is 78.4 cm³/mol. The molecule has 0 spiro atoms. The molecule has 1 amide bonds. The van der Waals surface area contributed by atoms with E-state index in [1.165, 1.54) is 20.3 Å². The minimum atomic E-state index is -0.485. The highest BCUT2D eigenvalue weighted by Gasteiger charge is 2.29. The van der Waals surface area contributed by atoms with Crippen LogP contribution in [0.4, 0.5) is 0 Å². The monoisotopic (exact) mass is 305 g/mol. The van der Waals surface area contributed by atoms with E-state index in [0.29, 0.717) is 24.2 Å². The molecule has 6 heteroatoms. The average Bonchev–Trinajstić information content (AvgIpc) is 2.59. The van der Waals surface area contributed by atoms with Crippen molar-refractivity contribution in [3.8, 4) is 0 Å². The van der Waals surface area contributed by atoms with Crippen LogP contribution in [0.25, 0.3) is 0 Å². The molecule has 118 valence electrons. The number of ether oxygens (including phenoxy) is 2. The number of carbonyl (C=O) groups is 3. The third kappa shape index (κ3) is 3.44. The molecule has 1 aliphatic rings. The lowest BCUT2D eigenvalue weighted by Crippen LogP contribution is -2.42. The molecule has 1 aromatic rings. The quantitative estimate of drug-likeness (QED) is 0.791. The smallest absolute Gasteiger partial charge is 0.337 e. The molecule has 1 unspecified atom stereocenters. The van der Waals surface area contributed by atoms with Gasteiger partial charge >= 0.3 is 11.9 Å². The van der Waals surface area contributed by atoms with Crippen LogP contribution in [0, 0.1) is 5.92 Å². The van der Waals surface area contributed by atoms with Crippen LogP contribution in [0.15, 0.2) is 24.3 Å². The molecule has 1 saturated heterocycles. The molecule has 1 atom stereocenters. The number of benzene rings is 1. The highest BCUT2D eigenvalue weighted by Crippen LogP contribution is 2.20. The van der Waals surface area contributed by atoms with Crippen LogP contribution < -0.4 is 0 Å². The molecule has 0 radical (unpaired) electrons. The lowest BCUT2D eigenvalue weighted by Gasteiger charge is -2.31. The number of hydrogen-bond acceptors (Lipinski definition) is 5. The molecule has 0 aromatic heterocycles. The second-order valence-electron chi connectivity index (χ2n) is 5.19. The van der Waals surface area contributed by atoms with Crippen molar-refractivity contribution in [1.82, 2.24) is 4.90 Å². The van der Waals surface area contributed by atoms with Crippen molar-refractivity contribution in [2.45, 2.75) is 12.8 Å². The Kier molecular flexibility index (Phi) is 5.14. The van der Waals surface area contributed by atoms with Crippen molar-refractivity contribution in [2.75, 3.05) is 27.3 Å². The zero-order valence-electron chi connectivity index (χ0n) is 12.7. The van der Waals surface area contributed by atoms with Crippen molar-refractivity contribution in [3.05, 3.63) is 35.4 Å². The van der Waals surface area contributed by atoms with Gasteiger partial charge in [0, 0.05) is 18.7 Å². The predicted octanol–water partition coefficient (Wildman–Crippen LogP) is 1.50. The molecule has 22 heavy (non-hydrogen) atoms. The van der Waals surface area contributed by atoms with Crippen molar-refractivity contribution >= 4 is 17.8 Å². The van der Waals surface area contributed by atoms with Gasteiger partial charge in [-0.1, -0.05) is 6.07 Å². The Morgan fingerprint density at radius 1 is 1.14 bits per heavy atom. The highest BCUT2D eigenvalue weighted by molar-refractivity contribution is 5.98. The number of piperidine rings is 1. The number of likely N-dealkylation sites (tertiary alicyclic amines) is 1. The van der Waals surface area contributed by atoms with Gasteiger partial charge in [0.25, 0.3) is 5.91 Å². The largest absolute Gasteiger partial charge is 0.469 e. The zero-order chi connectivity index (χ0) is 16.1. The number of rotatable bonds is 3. The Balaban J connectivity index is 2.14. The molecule has 1 fully saturated rings. The van der Waals surface area contributed by atoms with E-state index in [2.05, 4.69) is 4.74 Å². The van der Waals surface area contributed by atoms with Gasteiger partial charge in [-0.15, -0.1) is 0 Å². The third-order valence-corrected chi connectivity index (χ3v) is 3.77. The first-order valence-electron chi connectivity index (χ1n) is 7.12. The molecule has 2 rings (SSSR count). The van der Waals surface area contributed by atoms with Crippen LogP contribution in [0.2, 0.25) is 0 Å². The first kappa shape index (κ1) is 16.0. The van der Waals surface area contributed by atoms with E-state index in [1.807, 2.05) is 0 Å². The van der Waals surface area contributed by atoms with Gasteiger partial charge in [-0.3, -0.25) is 9.59 Å². The van der Waals surface area contributed by atoms with Crippen LogP contribution in [0.1, 0.15) is 33.6 Å². The summed E-state index contributed by atoms with van der Waals surface area (Å²) >= 11 is 0. The number of esters is 2. The number of nitrogens with zero attached hydrogens (tertiary/aromatic N) is 1. The first-order valence-corrected chi connectivity index (χ1v) is 7.12. The average molecular weight is 305 g/mol. The molecule has 1 aliphatic heterocycles. The maximum absolute atomic E-state index is 12.5. The molecular formula is C16H19NO5. The van der Waals surface area contributed by atoms with Gasteiger partial charge < -0.3 is 14.4 Å². The summed E-state index contributed by atoms with van der Waals surface area (Å²) in [7, 11) is 2.64. The number of methoxy groups -OCH3 is 2. The van der Waals surface area contributed by atoms with Crippen molar-refractivity contribution in [2.24, 2.45) is 5.92 Å². The highest BCUT2D eigenvalue weighted by atomic mass is 16.5. The Labute approximate surface area is 129 Å². The maximum Gasteiger partial charge on any atom is 0.337 e. The second kappa shape index (κ2) is 7.06. The molecule has 1 aromatic carbocycles. The molecule has 0 N–H and O–H groups in total. The van der Waals surface area contributed by atoms with E-state index >= 15 is 0 Å². The molecule has 1 heterocycles. The van der Waals surface area contributed by atoms with E-state index in [9.17, 15) is 14.4 Å². The number of hydrogen-bond donors (Lipinski definition) is 0. The molecule has 0 aliphatic carbocycles. The number of carbonyl (C=O) groups excluding carboxylic acids is 3. The fourth-order valence-electron chi connectivity index (χ4n) is 2.60. The summed E-state index contributed by atoms with van der Waals surface area (Å²) in [6.07, 6.45) is 1.47. The topological polar surface area (TPSA) is 72.9 Å². The van der Waals surface area contributed by atoms with Crippen molar-refractivity contribution in [1.29, 1.82) is 0 Å². The number of amides is 1.